The molecule has 0 amide bonds. The molecule has 0 bridgehead atoms. The lowest BCUT2D eigenvalue weighted by Gasteiger charge is -1.94. The minimum Gasteiger partial charge on any atom is -0.365 e. The monoisotopic (exact) mass is 250 g/mol. The van der Waals surface area contributed by atoms with Gasteiger partial charge in [-0.05, 0) is 17.7 Å². The highest BCUT2D eigenvalue weighted by Crippen LogP contribution is 2.11. The van der Waals surface area contributed by atoms with Gasteiger partial charge in [0.25, 0.3) is 0 Å². The van der Waals surface area contributed by atoms with E-state index in [1.54, 1.807) is 0 Å². The van der Waals surface area contributed by atoms with Gasteiger partial charge in [-0.15, -0.1) is 6.42 Å². The van der Waals surface area contributed by atoms with Gasteiger partial charge in [-0.3, -0.25) is 0 Å². The van der Waals surface area contributed by atoms with Crippen LogP contribution in [0.15, 0.2) is 34.8 Å². The van der Waals surface area contributed by atoms with Gasteiger partial charge in [0, 0.05) is 4.47 Å². The maximum Gasteiger partial charge on any atom is 0.107 e. The predicted octanol–water partition coefficient (Wildman–Crippen LogP) is 3.11. The van der Waals surface area contributed by atoms with Crippen molar-refractivity contribution in [3.05, 3.63) is 40.4 Å². The van der Waals surface area contributed by atoms with Crippen LogP contribution in [-0.2, 0) is 4.74 Å². The molecule has 0 saturated carbocycles. The highest BCUT2D eigenvalue weighted by atomic mass is 79.9. The third-order valence-corrected chi connectivity index (χ3v) is 2.11. The van der Waals surface area contributed by atoms with Crippen LogP contribution in [0, 0.1) is 12.3 Å². The summed E-state index contributed by atoms with van der Waals surface area (Å²) in [5.41, 5.74) is 1.15. The Hall–Kier alpha value is -1.04. The normalized spacial score (nSPS) is 10.3. The van der Waals surface area contributed by atoms with E-state index in [0.29, 0.717) is 13.2 Å². The number of hydrogen-bond donors (Lipinski definition) is 0. The molecule has 72 valence electrons. The lowest BCUT2D eigenvalue weighted by atomic mass is 10.2. The molecule has 0 radical (unpaired) electrons. The molecule has 0 atom stereocenters. The van der Waals surface area contributed by atoms with Gasteiger partial charge in [-0.25, -0.2) is 0 Å². The first-order valence-electron chi connectivity index (χ1n) is 4.26. The Balaban J connectivity index is 2.37. The summed E-state index contributed by atoms with van der Waals surface area (Å²) in [6.45, 7) is 0.922. The summed E-state index contributed by atoms with van der Waals surface area (Å²) in [5.74, 6) is 2.41. The van der Waals surface area contributed by atoms with E-state index in [0.717, 1.165) is 10.0 Å². The van der Waals surface area contributed by atoms with Crippen LogP contribution in [0.3, 0.4) is 0 Å². The summed E-state index contributed by atoms with van der Waals surface area (Å²) in [7, 11) is 0. The Bertz CT molecular complexity index is 332. The summed E-state index contributed by atoms with van der Waals surface area (Å²) in [6, 6.07) is 8.06. The van der Waals surface area contributed by atoms with E-state index in [-0.39, 0.29) is 0 Å². The third-order valence-electron chi connectivity index (χ3n) is 1.58. The molecule has 1 aromatic rings. The first-order valence-corrected chi connectivity index (χ1v) is 5.05. The lowest BCUT2D eigenvalue weighted by Crippen LogP contribution is -1.89. The van der Waals surface area contributed by atoms with Gasteiger partial charge in [0.15, 0.2) is 0 Å². The van der Waals surface area contributed by atoms with Crippen molar-refractivity contribution in [2.24, 2.45) is 0 Å². The minimum atomic E-state index is 0.366. The summed E-state index contributed by atoms with van der Waals surface area (Å²) >= 11 is 3.38. The predicted molar refractivity (Wildman–Crippen MR) is 62.8 cm³/mol. The van der Waals surface area contributed by atoms with Crippen LogP contribution in [0.2, 0.25) is 0 Å². The number of hydrogen-bond acceptors (Lipinski definition) is 1. The fourth-order valence-corrected chi connectivity index (χ4v) is 1.21. The molecule has 0 N–H and O–H groups in total. The summed E-state index contributed by atoms with van der Waals surface area (Å²) in [6.07, 6.45) is 8.98. The summed E-state index contributed by atoms with van der Waals surface area (Å²) in [4.78, 5) is 0. The van der Waals surface area contributed by atoms with Gasteiger partial charge in [-0.1, -0.05) is 46.1 Å². The second kappa shape index (κ2) is 6.42. The summed E-state index contributed by atoms with van der Waals surface area (Å²) < 4.78 is 6.18. The molecule has 1 rings (SSSR count). The van der Waals surface area contributed by atoms with Gasteiger partial charge < -0.3 is 4.74 Å². The average Bonchev–Trinajstić information content (AvgIpc) is 2.21. The van der Waals surface area contributed by atoms with Crippen LogP contribution in [0.1, 0.15) is 5.56 Å². The Morgan fingerprint density at radius 2 is 2.07 bits per heavy atom. The third kappa shape index (κ3) is 4.27. The Morgan fingerprint density at radius 3 is 2.71 bits per heavy atom. The number of ether oxygens (including phenoxy) is 1. The average molecular weight is 251 g/mol. The molecule has 1 aromatic carbocycles. The largest absolute Gasteiger partial charge is 0.365 e. The molecule has 14 heavy (non-hydrogen) atoms. The molecule has 0 saturated heterocycles. The maximum atomic E-state index is 5.10. The van der Waals surface area contributed by atoms with Gasteiger partial charge in [0.2, 0.25) is 0 Å². The van der Waals surface area contributed by atoms with E-state index in [4.69, 9.17) is 11.2 Å². The minimum absolute atomic E-state index is 0.366. The molecule has 0 aromatic heterocycles. The van der Waals surface area contributed by atoms with Crippen LogP contribution in [0.5, 0.6) is 0 Å². The van der Waals surface area contributed by atoms with E-state index >= 15 is 0 Å². The fraction of sp³-hybridized carbons (Fsp3) is 0.167. The van der Waals surface area contributed by atoms with Crippen molar-refractivity contribution < 1.29 is 4.74 Å². The molecular weight excluding hydrogens is 240 g/mol. The maximum absolute atomic E-state index is 5.10. The number of terminal acetylenes is 1. The molecule has 0 aliphatic heterocycles. The zero-order valence-electron chi connectivity index (χ0n) is 7.74. The van der Waals surface area contributed by atoms with Crippen molar-refractivity contribution in [1.82, 2.24) is 0 Å². The van der Waals surface area contributed by atoms with Gasteiger partial charge in [-0.2, -0.15) is 0 Å². The van der Waals surface area contributed by atoms with E-state index in [1.807, 2.05) is 36.4 Å². The summed E-state index contributed by atoms with van der Waals surface area (Å²) in [5, 5.41) is 0. The van der Waals surface area contributed by atoms with E-state index in [9.17, 15) is 0 Å². The molecule has 1 nitrogen and oxygen atoms in total. The Labute approximate surface area is 92.9 Å². The molecule has 0 aliphatic rings. The fourth-order valence-electron chi connectivity index (χ4n) is 0.944. The molecule has 0 unspecified atom stereocenters. The Morgan fingerprint density at radius 1 is 1.36 bits per heavy atom. The van der Waals surface area contributed by atoms with Crippen LogP contribution in [-0.4, -0.2) is 13.2 Å². The van der Waals surface area contributed by atoms with E-state index < -0.39 is 0 Å². The van der Waals surface area contributed by atoms with Gasteiger partial charge >= 0.3 is 0 Å². The first kappa shape index (κ1) is 11.0. The van der Waals surface area contributed by atoms with E-state index in [1.165, 1.54) is 0 Å². The number of benzene rings is 1. The number of halogens is 1. The molecule has 0 spiro atoms. The van der Waals surface area contributed by atoms with Crippen LogP contribution in [0.25, 0.3) is 6.08 Å². The first-order chi connectivity index (χ1) is 6.83. The highest BCUT2D eigenvalue weighted by molar-refractivity contribution is 9.10. The molecule has 2 heteroatoms. The molecular formula is C12H11BrO. The smallest absolute Gasteiger partial charge is 0.107 e. The Kier molecular flexibility index (Phi) is 5.06. The molecule has 0 fully saturated rings. The van der Waals surface area contributed by atoms with E-state index in [2.05, 4.69) is 21.9 Å². The topological polar surface area (TPSA) is 9.23 Å². The van der Waals surface area contributed by atoms with Crippen molar-refractivity contribution in [3.63, 3.8) is 0 Å². The quantitative estimate of drug-likeness (QED) is 0.590. The lowest BCUT2D eigenvalue weighted by molar-refractivity contribution is 0.200. The second-order valence-corrected chi connectivity index (χ2v) is 3.59. The SMILES string of the molecule is C#CCOC/C=C/c1ccc(Br)cc1. The van der Waals surface area contributed by atoms with Crippen molar-refractivity contribution >= 4 is 22.0 Å². The highest BCUT2D eigenvalue weighted by Gasteiger charge is 1.86. The zero-order chi connectivity index (χ0) is 10.2. The van der Waals surface area contributed by atoms with Crippen molar-refractivity contribution in [2.45, 2.75) is 0 Å². The standard InChI is InChI=1S/C12H11BrO/c1-2-9-14-10-3-4-11-5-7-12(13)8-6-11/h1,3-8H,9-10H2/b4-3+. The number of rotatable bonds is 4. The zero-order valence-corrected chi connectivity index (χ0v) is 9.33. The van der Waals surface area contributed by atoms with Crippen LogP contribution < -0.4 is 0 Å². The van der Waals surface area contributed by atoms with Crippen LogP contribution in [0.4, 0.5) is 0 Å². The van der Waals surface area contributed by atoms with Gasteiger partial charge in [0.1, 0.15) is 6.61 Å². The van der Waals surface area contributed by atoms with Crippen molar-refractivity contribution in [1.29, 1.82) is 0 Å². The molecule has 0 heterocycles. The van der Waals surface area contributed by atoms with Crippen molar-refractivity contribution in [2.75, 3.05) is 13.2 Å². The second-order valence-electron chi connectivity index (χ2n) is 2.67. The van der Waals surface area contributed by atoms with Gasteiger partial charge in [0.05, 0.1) is 6.61 Å². The molecule has 0 aliphatic carbocycles. The van der Waals surface area contributed by atoms with Crippen LogP contribution >= 0.6 is 15.9 Å². The van der Waals surface area contributed by atoms with Crippen molar-refractivity contribution in [3.8, 4) is 12.3 Å².